The van der Waals surface area contributed by atoms with Crippen molar-refractivity contribution in [1.29, 1.82) is 0 Å². The molecule has 2 rings (SSSR count). The highest BCUT2D eigenvalue weighted by atomic mass is 32.1. The van der Waals surface area contributed by atoms with Crippen LogP contribution in [0, 0.1) is 0 Å². The number of carboxylic acid groups (broad SMARTS) is 1. The molecule has 0 spiro atoms. The number of ketones is 1. The molecule has 1 heterocycles. The zero-order chi connectivity index (χ0) is 10.1. The molecular formula is C9H5NO3S. The first kappa shape index (κ1) is 8.83. The molecule has 0 amide bonds. The van der Waals surface area contributed by atoms with Gasteiger partial charge >= 0.3 is 5.97 Å². The average molecular weight is 207 g/mol. The lowest BCUT2D eigenvalue weighted by atomic mass is 10.1. The lowest BCUT2D eigenvalue weighted by Crippen LogP contribution is -2.12. The summed E-state index contributed by atoms with van der Waals surface area (Å²) in [4.78, 5) is 25.7. The third-order valence-electron chi connectivity index (χ3n) is 1.80. The van der Waals surface area contributed by atoms with Crippen LogP contribution in [0.4, 0.5) is 0 Å². The summed E-state index contributed by atoms with van der Waals surface area (Å²) in [7, 11) is 0. The van der Waals surface area contributed by atoms with Crippen molar-refractivity contribution < 1.29 is 14.7 Å². The van der Waals surface area contributed by atoms with Gasteiger partial charge in [0, 0.05) is 0 Å². The molecule has 1 N–H and O–H groups in total. The van der Waals surface area contributed by atoms with Gasteiger partial charge in [-0.15, -0.1) is 11.3 Å². The number of carbonyl (C=O) groups excluding carboxylic acids is 1. The fourth-order valence-electron chi connectivity index (χ4n) is 1.18. The van der Waals surface area contributed by atoms with Gasteiger partial charge in [0.25, 0.3) is 5.78 Å². The number of thiazole rings is 1. The number of benzene rings is 1. The predicted octanol–water partition coefficient (Wildman–Crippen LogP) is 1.56. The number of nitrogens with zero attached hydrogens (tertiary/aromatic N) is 1. The van der Waals surface area contributed by atoms with Gasteiger partial charge in [-0.3, -0.25) is 4.79 Å². The van der Waals surface area contributed by atoms with E-state index >= 15 is 0 Å². The molecule has 0 unspecified atom stereocenters. The van der Waals surface area contributed by atoms with Gasteiger partial charge in [0.15, 0.2) is 0 Å². The average Bonchev–Trinajstić information content (AvgIpc) is 2.63. The number of aromatic nitrogens is 1. The number of carboxylic acids is 1. The van der Waals surface area contributed by atoms with Crippen LogP contribution in [-0.4, -0.2) is 21.8 Å². The molecular weight excluding hydrogens is 202 g/mol. The van der Waals surface area contributed by atoms with Crippen molar-refractivity contribution in [3.05, 3.63) is 29.3 Å². The lowest BCUT2D eigenvalue weighted by Gasteiger charge is -1.95. The van der Waals surface area contributed by atoms with E-state index in [-0.39, 0.29) is 5.56 Å². The highest BCUT2D eigenvalue weighted by molar-refractivity contribution is 7.16. The maximum Gasteiger partial charge on any atom is 0.377 e. The van der Waals surface area contributed by atoms with Gasteiger partial charge in [0.1, 0.15) is 0 Å². The van der Waals surface area contributed by atoms with E-state index in [1.807, 2.05) is 0 Å². The van der Waals surface area contributed by atoms with Gasteiger partial charge in [-0.2, -0.15) is 0 Å². The third-order valence-corrected chi connectivity index (χ3v) is 2.59. The standard InChI is InChI=1S/C9H5NO3S/c11-8(9(12)13)5-2-1-3-6-7(5)10-4-14-6/h1-4H,(H,12,13). The molecule has 0 saturated carbocycles. The van der Waals surface area contributed by atoms with Crippen molar-refractivity contribution in [3.8, 4) is 0 Å². The Morgan fingerprint density at radius 3 is 2.86 bits per heavy atom. The van der Waals surface area contributed by atoms with E-state index in [9.17, 15) is 9.59 Å². The molecule has 0 radical (unpaired) electrons. The minimum absolute atomic E-state index is 0.149. The number of fused-ring (bicyclic) bond motifs is 1. The van der Waals surface area contributed by atoms with Gasteiger partial charge in [0.2, 0.25) is 0 Å². The summed E-state index contributed by atoms with van der Waals surface area (Å²) in [5.41, 5.74) is 2.20. The van der Waals surface area contributed by atoms with Gasteiger partial charge < -0.3 is 5.11 Å². The van der Waals surface area contributed by atoms with E-state index in [4.69, 9.17) is 5.11 Å². The Kier molecular flexibility index (Phi) is 2.01. The fraction of sp³-hybridized carbons (Fsp3) is 0. The zero-order valence-electron chi connectivity index (χ0n) is 6.93. The maximum atomic E-state index is 11.2. The Labute approximate surface area is 82.8 Å². The molecule has 4 nitrogen and oxygen atoms in total. The molecule has 14 heavy (non-hydrogen) atoms. The fourth-order valence-corrected chi connectivity index (χ4v) is 1.89. The van der Waals surface area contributed by atoms with E-state index in [0.717, 1.165) is 4.70 Å². The number of carbonyl (C=O) groups is 2. The summed E-state index contributed by atoms with van der Waals surface area (Å²) in [6.45, 7) is 0. The number of rotatable bonds is 2. The normalized spacial score (nSPS) is 10.3. The smallest absolute Gasteiger partial charge is 0.377 e. The van der Waals surface area contributed by atoms with Crippen LogP contribution >= 0.6 is 11.3 Å². The van der Waals surface area contributed by atoms with E-state index in [1.165, 1.54) is 17.4 Å². The highest BCUT2D eigenvalue weighted by Crippen LogP contribution is 2.21. The molecule has 0 saturated heterocycles. The Morgan fingerprint density at radius 2 is 2.14 bits per heavy atom. The molecule has 2 aromatic rings. The number of aliphatic carboxylic acids is 1. The van der Waals surface area contributed by atoms with Gasteiger partial charge in [-0.1, -0.05) is 6.07 Å². The van der Waals surface area contributed by atoms with Crippen molar-refractivity contribution in [2.45, 2.75) is 0 Å². The van der Waals surface area contributed by atoms with Crippen LogP contribution in [0.2, 0.25) is 0 Å². The summed E-state index contributed by atoms with van der Waals surface area (Å²) in [6.07, 6.45) is 0. The topological polar surface area (TPSA) is 67.3 Å². The molecule has 0 atom stereocenters. The summed E-state index contributed by atoms with van der Waals surface area (Å²) >= 11 is 1.37. The van der Waals surface area contributed by atoms with E-state index in [1.54, 1.807) is 17.6 Å². The van der Waals surface area contributed by atoms with Crippen LogP contribution in [0.1, 0.15) is 10.4 Å². The first-order chi connectivity index (χ1) is 6.70. The molecule has 5 heteroatoms. The van der Waals surface area contributed by atoms with Crippen LogP contribution in [-0.2, 0) is 4.79 Å². The Bertz CT molecular complexity index is 518. The maximum absolute atomic E-state index is 11.2. The Hall–Kier alpha value is -1.75. The third kappa shape index (κ3) is 1.27. The second-order valence-electron chi connectivity index (χ2n) is 2.64. The molecule has 0 fully saturated rings. The minimum Gasteiger partial charge on any atom is -0.475 e. The molecule has 0 aliphatic heterocycles. The monoisotopic (exact) mass is 207 g/mol. The Morgan fingerprint density at radius 1 is 1.36 bits per heavy atom. The van der Waals surface area contributed by atoms with Gasteiger partial charge in [-0.25, -0.2) is 9.78 Å². The highest BCUT2D eigenvalue weighted by Gasteiger charge is 2.18. The van der Waals surface area contributed by atoms with E-state index in [0.29, 0.717) is 5.52 Å². The van der Waals surface area contributed by atoms with Crippen molar-refractivity contribution in [3.63, 3.8) is 0 Å². The predicted molar refractivity (Wildman–Crippen MR) is 51.6 cm³/mol. The summed E-state index contributed by atoms with van der Waals surface area (Å²) in [6, 6.07) is 4.92. The molecule has 0 aliphatic rings. The number of hydrogen-bond acceptors (Lipinski definition) is 4. The zero-order valence-corrected chi connectivity index (χ0v) is 7.75. The van der Waals surface area contributed by atoms with E-state index in [2.05, 4.69) is 4.98 Å². The molecule has 0 aliphatic carbocycles. The summed E-state index contributed by atoms with van der Waals surface area (Å²) < 4.78 is 0.817. The van der Waals surface area contributed by atoms with Gasteiger partial charge in [0.05, 0.1) is 21.3 Å². The molecule has 0 bridgehead atoms. The van der Waals surface area contributed by atoms with Crippen LogP contribution in [0.3, 0.4) is 0 Å². The molecule has 1 aromatic carbocycles. The molecule has 70 valence electrons. The van der Waals surface area contributed by atoms with Crippen LogP contribution < -0.4 is 0 Å². The summed E-state index contributed by atoms with van der Waals surface area (Å²) in [5.74, 6) is -2.37. The van der Waals surface area contributed by atoms with Crippen LogP contribution in [0.25, 0.3) is 10.2 Å². The second kappa shape index (κ2) is 3.19. The minimum atomic E-state index is -1.45. The lowest BCUT2D eigenvalue weighted by molar-refractivity contribution is -0.131. The number of hydrogen-bond donors (Lipinski definition) is 1. The first-order valence-electron chi connectivity index (χ1n) is 3.80. The van der Waals surface area contributed by atoms with Crippen LogP contribution in [0.15, 0.2) is 23.7 Å². The van der Waals surface area contributed by atoms with Crippen molar-refractivity contribution in [1.82, 2.24) is 4.98 Å². The SMILES string of the molecule is O=C(O)C(=O)c1cccc2scnc12. The van der Waals surface area contributed by atoms with Gasteiger partial charge in [-0.05, 0) is 12.1 Å². The Balaban J connectivity index is 2.67. The van der Waals surface area contributed by atoms with Crippen molar-refractivity contribution >= 4 is 33.3 Å². The largest absolute Gasteiger partial charge is 0.475 e. The van der Waals surface area contributed by atoms with Crippen molar-refractivity contribution in [2.24, 2.45) is 0 Å². The first-order valence-corrected chi connectivity index (χ1v) is 4.68. The van der Waals surface area contributed by atoms with Crippen LogP contribution in [0.5, 0.6) is 0 Å². The summed E-state index contributed by atoms with van der Waals surface area (Å²) in [5, 5.41) is 8.56. The number of para-hydroxylation sites is 1. The second-order valence-corrected chi connectivity index (χ2v) is 3.53. The van der Waals surface area contributed by atoms with Crippen molar-refractivity contribution in [2.75, 3.05) is 0 Å². The molecule has 1 aromatic heterocycles. The quantitative estimate of drug-likeness (QED) is 0.599. The number of Topliss-reactive ketones (excluding diaryl/α,β-unsaturated/α-hetero) is 1. The van der Waals surface area contributed by atoms with E-state index < -0.39 is 11.8 Å².